The van der Waals surface area contributed by atoms with E-state index >= 15 is 0 Å². The third kappa shape index (κ3) is 2.74. The lowest BCUT2D eigenvalue weighted by Gasteiger charge is -2.13. The molecule has 0 spiro atoms. The van der Waals surface area contributed by atoms with Crippen LogP contribution in [0, 0.1) is 6.92 Å². The summed E-state index contributed by atoms with van der Waals surface area (Å²) in [7, 11) is 1.80. The minimum Gasteiger partial charge on any atom is -0.399 e. The highest BCUT2D eigenvalue weighted by atomic mass is 14.7. The monoisotopic (exact) mass is 250 g/mol. The SMILES string of the molecule is C=C(N)c1cc(C)ccc1C(=NC)c1ccccc1. The molecule has 0 aromatic heterocycles. The van der Waals surface area contributed by atoms with Crippen molar-refractivity contribution in [2.24, 2.45) is 10.7 Å². The Morgan fingerprint density at radius 3 is 2.32 bits per heavy atom. The van der Waals surface area contributed by atoms with E-state index in [0.717, 1.165) is 28.0 Å². The molecule has 0 saturated carbocycles. The van der Waals surface area contributed by atoms with Gasteiger partial charge in [0.15, 0.2) is 0 Å². The van der Waals surface area contributed by atoms with Crippen LogP contribution in [0.4, 0.5) is 0 Å². The lowest BCUT2D eigenvalue weighted by Crippen LogP contribution is -2.09. The lowest BCUT2D eigenvalue weighted by atomic mass is 9.94. The Bertz CT molecular complexity index is 625. The van der Waals surface area contributed by atoms with Gasteiger partial charge in [-0.2, -0.15) is 0 Å². The molecule has 0 heterocycles. The molecular weight excluding hydrogens is 232 g/mol. The van der Waals surface area contributed by atoms with Gasteiger partial charge in [-0.05, 0) is 13.0 Å². The maximum atomic E-state index is 5.90. The van der Waals surface area contributed by atoms with E-state index in [1.54, 1.807) is 7.05 Å². The summed E-state index contributed by atoms with van der Waals surface area (Å²) in [6.45, 7) is 5.90. The summed E-state index contributed by atoms with van der Waals surface area (Å²) in [6.07, 6.45) is 0. The van der Waals surface area contributed by atoms with Crippen LogP contribution in [-0.2, 0) is 0 Å². The highest BCUT2D eigenvalue weighted by Gasteiger charge is 2.11. The van der Waals surface area contributed by atoms with Crippen molar-refractivity contribution in [1.82, 2.24) is 0 Å². The maximum Gasteiger partial charge on any atom is 0.0722 e. The molecule has 2 aromatic rings. The molecule has 0 aliphatic heterocycles. The summed E-state index contributed by atoms with van der Waals surface area (Å²) in [5.74, 6) is 0. The van der Waals surface area contributed by atoms with Gasteiger partial charge in [-0.1, -0.05) is 54.6 Å². The standard InChI is InChI=1S/C17H18N2/c1-12-9-10-15(16(11-12)13(2)18)17(19-3)14-7-5-4-6-8-14/h4-11H,2,18H2,1,3H3. The van der Waals surface area contributed by atoms with Crippen LogP contribution < -0.4 is 5.73 Å². The number of hydrogen-bond acceptors (Lipinski definition) is 2. The van der Waals surface area contributed by atoms with Gasteiger partial charge in [0.1, 0.15) is 0 Å². The molecule has 0 bridgehead atoms. The number of rotatable bonds is 3. The smallest absolute Gasteiger partial charge is 0.0722 e. The predicted octanol–water partition coefficient (Wildman–Crippen LogP) is 3.39. The molecule has 0 radical (unpaired) electrons. The number of nitrogens with zero attached hydrogens (tertiary/aromatic N) is 1. The van der Waals surface area contributed by atoms with Crippen molar-refractivity contribution in [2.75, 3.05) is 7.05 Å². The van der Waals surface area contributed by atoms with Crippen molar-refractivity contribution in [3.8, 4) is 0 Å². The Kier molecular flexibility index (Phi) is 3.81. The molecule has 2 rings (SSSR count). The Morgan fingerprint density at radius 1 is 1.05 bits per heavy atom. The van der Waals surface area contributed by atoms with Gasteiger partial charge in [-0.15, -0.1) is 0 Å². The van der Waals surface area contributed by atoms with Crippen LogP contribution in [0.15, 0.2) is 60.1 Å². The number of hydrogen-bond donors (Lipinski definition) is 1. The van der Waals surface area contributed by atoms with E-state index in [1.165, 1.54) is 0 Å². The van der Waals surface area contributed by atoms with Gasteiger partial charge < -0.3 is 5.73 Å². The van der Waals surface area contributed by atoms with Crippen LogP contribution >= 0.6 is 0 Å². The molecule has 2 nitrogen and oxygen atoms in total. The van der Waals surface area contributed by atoms with Crippen LogP contribution in [-0.4, -0.2) is 12.8 Å². The molecule has 0 unspecified atom stereocenters. The Morgan fingerprint density at radius 2 is 1.74 bits per heavy atom. The highest BCUT2D eigenvalue weighted by molar-refractivity contribution is 6.15. The second-order valence-electron chi connectivity index (χ2n) is 4.51. The van der Waals surface area contributed by atoms with Crippen molar-refractivity contribution in [3.05, 3.63) is 77.4 Å². The zero-order valence-electron chi connectivity index (χ0n) is 11.4. The van der Waals surface area contributed by atoms with Crippen molar-refractivity contribution in [1.29, 1.82) is 0 Å². The molecule has 96 valence electrons. The van der Waals surface area contributed by atoms with Crippen molar-refractivity contribution in [2.45, 2.75) is 6.92 Å². The maximum absolute atomic E-state index is 5.90. The first-order valence-corrected chi connectivity index (χ1v) is 6.21. The van der Waals surface area contributed by atoms with Crippen LogP contribution in [0.25, 0.3) is 5.70 Å². The molecule has 2 N–H and O–H groups in total. The van der Waals surface area contributed by atoms with Gasteiger partial charge >= 0.3 is 0 Å². The number of aliphatic imine (C=N–C) groups is 1. The topological polar surface area (TPSA) is 38.4 Å². The summed E-state index contributed by atoms with van der Waals surface area (Å²) in [6, 6.07) is 16.3. The molecule has 0 fully saturated rings. The highest BCUT2D eigenvalue weighted by Crippen LogP contribution is 2.20. The summed E-state index contributed by atoms with van der Waals surface area (Å²) < 4.78 is 0. The van der Waals surface area contributed by atoms with Crippen LogP contribution in [0.2, 0.25) is 0 Å². The fourth-order valence-corrected chi connectivity index (χ4v) is 2.13. The predicted molar refractivity (Wildman–Crippen MR) is 82.4 cm³/mol. The molecule has 0 atom stereocenters. The third-order valence-electron chi connectivity index (χ3n) is 3.05. The van der Waals surface area contributed by atoms with E-state index in [2.05, 4.69) is 23.7 Å². The average molecular weight is 250 g/mol. The second-order valence-corrected chi connectivity index (χ2v) is 4.51. The van der Waals surface area contributed by atoms with E-state index in [0.29, 0.717) is 5.70 Å². The van der Waals surface area contributed by atoms with Crippen LogP contribution in [0.5, 0.6) is 0 Å². The molecular formula is C17H18N2. The number of nitrogens with two attached hydrogens (primary N) is 1. The summed E-state index contributed by atoms with van der Waals surface area (Å²) in [5.41, 5.74) is 11.6. The fraction of sp³-hybridized carbons (Fsp3) is 0.118. The number of benzene rings is 2. The van der Waals surface area contributed by atoms with E-state index in [-0.39, 0.29) is 0 Å². The molecule has 0 aliphatic rings. The zero-order valence-corrected chi connectivity index (χ0v) is 11.4. The van der Waals surface area contributed by atoms with Gasteiger partial charge in [-0.3, -0.25) is 4.99 Å². The van der Waals surface area contributed by atoms with Gasteiger partial charge in [0, 0.05) is 29.4 Å². The largest absolute Gasteiger partial charge is 0.399 e. The first-order valence-electron chi connectivity index (χ1n) is 6.21. The fourth-order valence-electron chi connectivity index (χ4n) is 2.13. The average Bonchev–Trinajstić information content (AvgIpc) is 2.42. The molecule has 0 saturated heterocycles. The number of aryl methyl sites for hydroxylation is 1. The van der Waals surface area contributed by atoms with E-state index in [1.807, 2.05) is 43.3 Å². The summed E-state index contributed by atoms with van der Waals surface area (Å²) in [5, 5.41) is 0. The third-order valence-corrected chi connectivity index (χ3v) is 3.05. The van der Waals surface area contributed by atoms with Gasteiger partial charge in [0.2, 0.25) is 0 Å². The van der Waals surface area contributed by atoms with Gasteiger partial charge in [0.25, 0.3) is 0 Å². The first-order chi connectivity index (χ1) is 9.13. The van der Waals surface area contributed by atoms with Crippen molar-refractivity contribution >= 4 is 11.4 Å². The minimum atomic E-state index is 0.566. The van der Waals surface area contributed by atoms with Crippen molar-refractivity contribution < 1.29 is 0 Å². The van der Waals surface area contributed by atoms with Crippen molar-refractivity contribution in [3.63, 3.8) is 0 Å². The molecule has 0 aliphatic carbocycles. The Balaban J connectivity index is 2.60. The summed E-state index contributed by atoms with van der Waals surface area (Å²) >= 11 is 0. The molecule has 2 heteroatoms. The minimum absolute atomic E-state index is 0.566. The first kappa shape index (κ1) is 13.1. The van der Waals surface area contributed by atoms with E-state index in [9.17, 15) is 0 Å². The Hall–Kier alpha value is -2.35. The molecule has 19 heavy (non-hydrogen) atoms. The summed E-state index contributed by atoms with van der Waals surface area (Å²) in [4.78, 5) is 4.42. The molecule has 2 aromatic carbocycles. The van der Waals surface area contributed by atoms with E-state index in [4.69, 9.17) is 5.73 Å². The Labute approximate surface area is 114 Å². The normalized spacial score (nSPS) is 11.4. The lowest BCUT2D eigenvalue weighted by molar-refractivity contribution is 1.37. The zero-order chi connectivity index (χ0) is 13.8. The molecule has 0 amide bonds. The van der Waals surface area contributed by atoms with Crippen LogP contribution in [0.3, 0.4) is 0 Å². The van der Waals surface area contributed by atoms with Crippen LogP contribution in [0.1, 0.15) is 22.3 Å². The van der Waals surface area contributed by atoms with Gasteiger partial charge in [0.05, 0.1) is 5.71 Å². The van der Waals surface area contributed by atoms with E-state index < -0.39 is 0 Å². The van der Waals surface area contributed by atoms with Gasteiger partial charge in [-0.25, -0.2) is 0 Å². The second kappa shape index (κ2) is 5.53. The quantitative estimate of drug-likeness (QED) is 0.833.